The molecule has 2 rings (SSSR count). The van der Waals surface area contributed by atoms with E-state index in [1.165, 1.54) is 22.9 Å². The summed E-state index contributed by atoms with van der Waals surface area (Å²) in [6.45, 7) is 4.36. The van der Waals surface area contributed by atoms with Crippen molar-refractivity contribution in [2.24, 2.45) is 5.92 Å². The van der Waals surface area contributed by atoms with Gasteiger partial charge in [-0.15, -0.1) is 11.6 Å². The number of alkyl halides is 1. The average Bonchev–Trinajstić information content (AvgIpc) is 2.40. The second-order valence-corrected chi connectivity index (χ2v) is 7.80. The molecule has 3 nitrogen and oxygen atoms in total. The summed E-state index contributed by atoms with van der Waals surface area (Å²) in [5, 5.41) is 0. The standard InChI is InChI=1S/C15H21ClFNO2S/c1-3-18(10-12-5-4-6-12)21(19,20)14-7-11(2)15(17)13(8-14)9-16/h7-8,12H,3-6,9-10H2,1-2H3. The summed E-state index contributed by atoms with van der Waals surface area (Å²) in [7, 11) is -3.59. The van der Waals surface area contributed by atoms with Crippen LogP contribution < -0.4 is 0 Å². The summed E-state index contributed by atoms with van der Waals surface area (Å²) in [4.78, 5) is 0.137. The zero-order chi connectivity index (χ0) is 15.6. The maximum Gasteiger partial charge on any atom is 0.243 e. The van der Waals surface area contributed by atoms with Crippen molar-refractivity contribution in [3.63, 3.8) is 0 Å². The summed E-state index contributed by atoms with van der Waals surface area (Å²) in [6.07, 6.45) is 3.34. The fourth-order valence-corrected chi connectivity index (χ4v) is 4.42. The van der Waals surface area contributed by atoms with Gasteiger partial charge in [-0.05, 0) is 43.4 Å². The van der Waals surface area contributed by atoms with E-state index in [4.69, 9.17) is 11.6 Å². The highest BCUT2D eigenvalue weighted by molar-refractivity contribution is 7.89. The number of aryl methyl sites for hydroxylation is 1. The maximum absolute atomic E-state index is 13.8. The normalized spacial score (nSPS) is 16.2. The van der Waals surface area contributed by atoms with Crippen molar-refractivity contribution in [1.29, 1.82) is 0 Å². The highest BCUT2D eigenvalue weighted by Crippen LogP contribution is 2.30. The molecule has 0 spiro atoms. The molecule has 0 aromatic heterocycles. The van der Waals surface area contributed by atoms with Crippen molar-refractivity contribution in [1.82, 2.24) is 4.31 Å². The first-order valence-electron chi connectivity index (χ1n) is 7.25. The zero-order valence-corrected chi connectivity index (χ0v) is 14.0. The number of rotatable bonds is 6. The lowest BCUT2D eigenvalue weighted by molar-refractivity contribution is 0.250. The van der Waals surface area contributed by atoms with Gasteiger partial charge in [0.15, 0.2) is 0 Å². The molecule has 1 aliphatic carbocycles. The molecule has 6 heteroatoms. The van der Waals surface area contributed by atoms with Crippen molar-refractivity contribution < 1.29 is 12.8 Å². The minimum absolute atomic E-state index is 0.0369. The number of sulfonamides is 1. The molecular weight excluding hydrogens is 313 g/mol. The lowest BCUT2D eigenvalue weighted by Crippen LogP contribution is -2.37. The lowest BCUT2D eigenvalue weighted by Gasteiger charge is -2.31. The molecule has 0 unspecified atom stereocenters. The molecule has 1 aromatic carbocycles. The van der Waals surface area contributed by atoms with Gasteiger partial charge in [0, 0.05) is 18.7 Å². The second-order valence-electron chi connectivity index (χ2n) is 5.60. The number of nitrogens with zero attached hydrogens (tertiary/aromatic N) is 1. The Morgan fingerprint density at radius 2 is 2.05 bits per heavy atom. The van der Waals surface area contributed by atoms with Crippen LogP contribution in [0.25, 0.3) is 0 Å². The first-order valence-corrected chi connectivity index (χ1v) is 9.22. The average molecular weight is 334 g/mol. The van der Waals surface area contributed by atoms with E-state index < -0.39 is 15.8 Å². The van der Waals surface area contributed by atoms with Crippen LogP contribution >= 0.6 is 11.6 Å². The van der Waals surface area contributed by atoms with Gasteiger partial charge < -0.3 is 0 Å². The van der Waals surface area contributed by atoms with E-state index in [0.717, 1.165) is 12.8 Å². The number of hydrogen-bond donors (Lipinski definition) is 0. The van der Waals surface area contributed by atoms with Crippen LogP contribution in [0.5, 0.6) is 0 Å². The van der Waals surface area contributed by atoms with Gasteiger partial charge in [0.05, 0.1) is 10.8 Å². The van der Waals surface area contributed by atoms with Gasteiger partial charge in [0.25, 0.3) is 0 Å². The van der Waals surface area contributed by atoms with Crippen LogP contribution in [0.3, 0.4) is 0 Å². The maximum atomic E-state index is 13.8. The largest absolute Gasteiger partial charge is 0.243 e. The predicted molar refractivity (Wildman–Crippen MR) is 82.5 cm³/mol. The molecule has 0 radical (unpaired) electrons. The monoisotopic (exact) mass is 333 g/mol. The smallest absolute Gasteiger partial charge is 0.207 e. The van der Waals surface area contributed by atoms with Crippen LogP contribution in [-0.4, -0.2) is 25.8 Å². The molecule has 118 valence electrons. The topological polar surface area (TPSA) is 37.4 Å². The summed E-state index contributed by atoms with van der Waals surface area (Å²) in [6, 6.07) is 2.75. The van der Waals surface area contributed by atoms with Crippen molar-refractivity contribution in [3.8, 4) is 0 Å². The molecule has 0 atom stereocenters. The van der Waals surface area contributed by atoms with Crippen molar-refractivity contribution >= 4 is 21.6 Å². The van der Waals surface area contributed by atoms with Gasteiger partial charge >= 0.3 is 0 Å². The predicted octanol–water partition coefficient (Wildman–Crippen LogP) is 3.68. The Morgan fingerprint density at radius 1 is 1.38 bits per heavy atom. The fraction of sp³-hybridized carbons (Fsp3) is 0.600. The van der Waals surface area contributed by atoms with Crippen molar-refractivity contribution in [2.45, 2.75) is 43.9 Å². The Bertz CT molecular complexity index is 614. The molecule has 0 heterocycles. The molecule has 0 bridgehead atoms. The Hall–Kier alpha value is -0.650. The summed E-state index contributed by atoms with van der Waals surface area (Å²) in [5.41, 5.74) is 0.543. The lowest BCUT2D eigenvalue weighted by atomic mass is 9.85. The van der Waals surface area contributed by atoms with Gasteiger partial charge in [-0.1, -0.05) is 13.3 Å². The van der Waals surface area contributed by atoms with E-state index >= 15 is 0 Å². The Labute approximate surface area is 131 Å². The molecule has 0 saturated heterocycles. The molecule has 1 saturated carbocycles. The van der Waals surface area contributed by atoms with Crippen LogP contribution in [0.1, 0.15) is 37.3 Å². The highest BCUT2D eigenvalue weighted by Gasteiger charge is 2.29. The third kappa shape index (κ3) is 3.41. The fourth-order valence-electron chi connectivity index (χ4n) is 2.56. The number of benzene rings is 1. The molecule has 1 aliphatic rings. The Balaban J connectivity index is 2.34. The van der Waals surface area contributed by atoms with Gasteiger partial charge in [0.1, 0.15) is 5.82 Å². The van der Waals surface area contributed by atoms with Crippen LogP contribution in [0.15, 0.2) is 17.0 Å². The second kappa shape index (κ2) is 6.63. The third-order valence-electron chi connectivity index (χ3n) is 4.12. The quantitative estimate of drug-likeness (QED) is 0.745. The Kier molecular flexibility index (Phi) is 5.28. The summed E-state index contributed by atoms with van der Waals surface area (Å²) in [5.74, 6) is -0.00937. The van der Waals surface area contributed by atoms with Gasteiger partial charge in [-0.3, -0.25) is 0 Å². The van der Waals surface area contributed by atoms with Crippen LogP contribution in [0, 0.1) is 18.7 Å². The molecule has 1 fully saturated rings. The minimum Gasteiger partial charge on any atom is -0.207 e. The van der Waals surface area contributed by atoms with E-state index in [1.54, 1.807) is 6.92 Å². The summed E-state index contributed by atoms with van der Waals surface area (Å²) < 4.78 is 40.8. The zero-order valence-electron chi connectivity index (χ0n) is 12.4. The van der Waals surface area contributed by atoms with Gasteiger partial charge in [-0.2, -0.15) is 4.31 Å². The van der Waals surface area contributed by atoms with E-state index in [0.29, 0.717) is 24.6 Å². The first kappa shape index (κ1) is 16.7. The van der Waals surface area contributed by atoms with Crippen molar-refractivity contribution in [2.75, 3.05) is 13.1 Å². The number of hydrogen-bond acceptors (Lipinski definition) is 2. The van der Waals surface area contributed by atoms with E-state index in [1.807, 2.05) is 6.92 Å². The third-order valence-corrected chi connectivity index (χ3v) is 6.33. The minimum atomic E-state index is -3.59. The van der Waals surface area contributed by atoms with Crippen molar-refractivity contribution in [3.05, 3.63) is 29.1 Å². The molecule has 0 amide bonds. The number of halogens is 2. The van der Waals surface area contributed by atoms with Crippen LogP contribution in [-0.2, 0) is 15.9 Å². The first-order chi connectivity index (χ1) is 9.90. The molecule has 0 N–H and O–H groups in total. The molecule has 1 aromatic rings. The van der Waals surface area contributed by atoms with Crippen LogP contribution in [0.2, 0.25) is 0 Å². The van der Waals surface area contributed by atoms with E-state index in [9.17, 15) is 12.8 Å². The van der Waals surface area contributed by atoms with Gasteiger partial charge in [-0.25, -0.2) is 12.8 Å². The molecule has 0 aliphatic heterocycles. The van der Waals surface area contributed by atoms with Crippen LogP contribution in [0.4, 0.5) is 4.39 Å². The van der Waals surface area contributed by atoms with E-state index in [2.05, 4.69) is 0 Å². The van der Waals surface area contributed by atoms with E-state index in [-0.39, 0.29) is 16.3 Å². The molecular formula is C15H21ClFNO2S. The summed E-state index contributed by atoms with van der Waals surface area (Å²) >= 11 is 5.71. The molecule has 21 heavy (non-hydrogen) atoms. The SMILES string of the molecule is CCN(CC1CCC1)S(=O)(=O)c1cc(C)c(F)c(CCl)c1. The highest BCUT2D eigenvalue weighted by atomic mass is 35.5. The van der Waals surface area contributed by atoms with Gasteiger partial charge in [0.2, 0.25) is 10.0 Å². The Morgan fingerprint density at radius 3 is 2.52 bits per heavy atom.